The molecule has 1 aromatic carbocycles. The molecule has 0 unspecified atom stereocenters. The number of benzene rings is 1. The minimum absolute atomic E-state index is 0. The molecule has 0 aromatic heterocycles. The average molecular weight is 331 g/mol. The molecule has 0 heterocycles. The summed E-state index contributed by atoms with van der Waals surface area (Å²) in [4.78, 5) is 0. The second kappa shape index (κ2) is 9.93. The zero-order chi connectivity index (χ0) is 6.69. The molecular weight excluding hydrogens is 323 g/mol. The van der Waals surface area contributed by atoms with E-state index in [1.54, 1.807) is 0 Å². The van der Waals surface area contributed by atoms with Crippen molar-refractivity contribution in [2.24, 2.45) is 5.73 Å². The summed E-state index contributed by atoms with van der Waals surface area (Å²) in [6, 6.07) is 8.25. The first-order valence-electron chi connectivity index (χ1n) is 2.84. The third-order valence-corrected chi connectivity index (χ3v) is 2.63. The predicted molar refractivity (Wildman–Crippen MR) is 39.7 cm³/mol. The van der Waals surface area contributed by atoms with E-state index in [2.05, 4.69) is 12.1 Å². The smallest absolute Gasteiger partial charge is 1.00 e. The van der Waals surface area contributed by atoms with Gasteiger partial charge in [0.05, 0.1) is 0 Å². The second-order valence-electron chi connectivity index (χ2n) is 1.86. The first-order valence-corrected chi connectivity index (χ1v) is 4.27. The molecule has 0 atom stereocenters. The van der Waals surface area contributed by atoms with Crippen LogP contribution in [0.5, 0.6) is 0 Å². The molecule has 1 aromatic rings. The van der Waals surface area contributed by atoms with Crippen LogP contribution in [0, 0.1) is 0 Å². The summed E-state index contributed by atoms with van der Waals surface area (Å²) in [5.74, 6) is 0. The summed E-state index contributed by atoms with van der Waals surface area (Å²) >= 11 is 1.45. The minimum atomic E-state index is 0. The molecule has 1 nitrogen and oxygen atoms in total. The van der Waals surface area contributed by atoms with E-state index in [1.807, 2.05) is 12.1 Å². The summed E-state index contributed by atoms with van der Waals surface area (Å²) in [7, 11) is 0. The fraction of sp³-hybridized carbons (Fsp3) is 0.143. The van der Waals surface area contributed by atoms with Gasteiger partial charge in [-0.2, -0.15) is 0 Å². The van der Waals surface area contributed by atoms with Crippen molar-refractivity contribution in [1.29, 1.82) is 0 Å². The maximum Gasteiger partial charge on any atom is -1.00 e. The Kier molecular flexibility index (Phi) is 15.4. The Morgan fingerprint density at radius 1 is 1.08 bits per heavy atom. The van der Waals surface area contributed by atoms with Gasteiger partial charge in [0.25, 0.3) is 0 Å². The third kappa shape index (κ3) is 5.49. The first-order chi connectivity index (χ1) is 4.34. The van der Waals surface area contributed by atoms with Crippen LogP contribution in [0.3, 0.4) is 0 Å². The van der Waals surface area contributed by atoms with Gasteiger partial charge in [0.15, 0.2) is 0 Å². The Hall–Kier alpha value is 0.849. The summed E-state index contributed by atoms with van der Waals surface area (Å²) in [6.45, 7) is 0.668. The molecule has 12 heavy (non-hydrogen) atoms. The predicted octanol–water partition coefficient (Wildman–Crippen LogP) is -9.05. The van der Waals surface area contributed by atoms with Crippen LogP contribution in [0.25, 0.3) is 0 Å². The van der Waals surface area contributed by atoms with E-state index >= 15 is 0 Å². The molecule has 66 valence electrons. The minimum Gasteiger partial charge on any atom is -1.00 e. The van der Waals surface area contributed by atoms with Gasteiger partial charge in [-0.05, 0) is 0 Å². The van der Waals surface area contributed by atoms with Gasteiger partial charge in [-0.3, -0.25) is 0 Å². The van der Waals surface area contributed by atoms with Gasteiger partial charge < -0.3 is 37.2 Å². The van der Waals surface area contributed by atoms with Crippen molar-refractivity contribution in [1.82, 2.24) is 0 Å². The topological polar surface area (TPSA) is 26.0 Å². The number of hydrogen-bond acceptors (Lipinski definition) is 1. The first kappa shape index (κ1) is 18.6. The van der Waals surface area contributed by atoms with E-state index in [0.29, 0.717) is 6.54 Å². The molecule has 0 fully saturated rings. The van der Waals surface area contributed by atoms with Crippen molar-refractivity contribution < 1.29 is 37.2 Å². The monoisotopic (exact) mass is 331 g/mol. The molecule has 2 N–H and O–H groups in total. The normalized spacial score (nSPS) is 7.25. The summed E-state index contributed by atoms with van der Waals surface area (Å²) < 4.78 is 1.37. The molecule has 0 saturated carbocycles. The summed E-state index contributed by atoms with van der Waals surface area (Å²) in [6.07, 6.45) is 0. The van der Waals surface area contributed by atoms with Crippen LogP contribution in [0.2, 0.25) is 0 Å². The van der Waals surface area contributed by atoms with Gasteiger partial charge in [-0.15, -0.1) is 0 Å². The van der Waals surface area contributed by atoms with Gasteiger partial charge in [-0.1, -0.05) is 0 Å². The molecule has 0 aliphatic heterocycles. The van der Waals surface area contributed by atoms with E-state index in [9.17, 15) is 0 Å². The van der Waals surface area contributed by atoms with Gasteiger partial charge in [-0.25, -0.2) is 0 Å². The Bertz CT molecular complexity index is 208. The van der Waals surface area contributed by atoms with Crippen molar-refractivity contribution in [3.8, 4) is 0 Å². The molecule has 0 saturated heterocycles. The maximum absolute atomic E-state index is 5.47. The fourth-order valence-electron chi connectivity index (χ4n) is 0.698. The van der Waals surface area contributed by atoms with E-state index < -0.39 is 0 Å². The molecule has 0 aliphatic rings. The molecule has 5 heteroatoms. The molecule has 0 aliphatic carbocycles. The maximum atomic E-state index is 5.47. The zero-order valence-electron chi connectivity index (χ0n) is 6.23. The van der Waals surface area contributed by atoms with E-state index in [1.165, 1.54) is 31.7 Å². The Balaban J connectivity index is -0.000000270. The number of rotatable bonds is 1. The van der Waals surface area contributed by atoms with Crippen molar-refractivity contribution in [2.45, 2.75) is 6.54 Å². The largest absolute Gasteiger partial charge is 1.00 e. The van der Waals surface area contributed by atoms with Crippen molar-refractivity contribution in [3.63, 3.8) is 0 Å². The molecule has 0 bridgehead atoms. The van der Waals surface area contributed by atoms with Gasteiger partial charge in [0.2, 0.25) is 0 Å². The van der Waals surface area contributed by atoms with Crippen molar-refractivity contribution >= 4 is 26.1 Å². The van der Waals surface area contributed by atoms with Crippen LogP contribution in [0.1, 0.15) is 5.56 Å². The molecule has 0 spiro atoms. The molecular formula is C7H8Cl3NSn. The van der Waals surface area contributed by atoms with E-state index in [4.69, 9.17) is 5.73 Å². The van der Waals surface area contributed by atoms with Crippen LogP contribution < -0.4 is 46.5 Å². The van der Waals surface area contributed by atoms with Crippen LogP contribution in [-0.4, -0.2) is 22.5 Å². The SMILES string of the molecule is NCc1cccc[c]1[Sn+3].[Cl-].[Cl-].[Cl-]. The van der Waals surface area contributed by atoms with E-state index in [-0.39, 0.29) is 37.2 Å². The summed E-state index contributed by atoms with van der Waals surface area (Å²) in [5.41, 5.74) is 6.74. The van der Waals surface area contributed by atoms with Gasteiger partial charge in [0.1, 0.15) is 0 Å². The zero-order valence-corrected chi connectivity index (χ0v) is 11.3. The fourth-order valence-corrected chi connectivity index (χ4v) is 1.50. The standard InChI is InChI=1S/C7H8N.3ClH.Sn/c8-6-7-4-2-1-3-5-7;;;;/h1-4H,6,8H2;3*1H;/q;;;;+3/p-3. The van der Waals surface area contributed by atoms with Crippen LogP contribution >= 0.6 is 0 Å². The Morgan fingerprint density at radius 2 is 1.58 bits per heavy atom. The Morgan fingerprint density at radius 3 is 1.92 bits per heavy atom. The molecule has 1 rings (SSSR count). The number of hydrogen-bond donors (Lipinski definition) is 1. The number of halogens is 3. The van der Waals surface area contributed by atoms with Crippen molar-refractivity contribution in [2.75, 3.05) is 0 Å². The third-order valence-electron chi connectivity index (χ3n) is 1.24. The number of nitrogens with two attached hydrogens (primary N) is 1. The molecule has 0 radical (unpaired) electrons. The average Bonchev–Trinajstić information content (AvgIpc) is 1.89. The molecule has 0 amide bonds. The van der Waals surface area contributed by atoms with Crippen molar-refractivity contribution in [3.05, 3.63) is 29.8 Å². The van der Waals surface area contributed by atoms with Crippen LogP contribution in [0.15, 0.2) is 24.3 Å². The van der Waals surface area contributed by atoms with Crippen LogP contribution in [-0.2, 0) is 6.54 Å². The second-order valence-corrected chi connectivity index (χ2v) is 3.40. The quantitative estimate of drug-likeness (QED) is 0.509. The Labute approximate surface area is 105 Å². The van der Waals surface area contributed by atoms with E-state index in [0.717, 1.165) is 0 Å². The van der Waals surface area contributed by atoms with Gasteiger partial charge >= 0.3 is 68.2 Å². The van der Waals surface area contributed by atoms with Gasteiger partial charge in [0, 0.05) is 0 Å². The summed E-state index contributed by atoms with van der Waals surface area (Å²) in [5, 5.41) is 0. The van der Waals surface area contributed by atoms with Crippen LogP contribution in [0.4, 0.5) is 0 Å².